The summed E-state index contributed by atoms with van der Waals surface area (Å²) in [5, 5.41) is 6.63. The molecule has 3 aromatic rings. The molecule has 0 saturated carbocycles. The van der Waals surface area contributed by atoms with Gasteiger partial charge < -0.3 is 15.4 Å². The standard InChI is InChI=1S/C19H22N6O/c1-12-5-6-14(10-13(12)2)23-18-16-17(21-8-7-20-16)24-19(25-18)22-11-15-4-3-9-26-15/h5-8,10,15H,3-4,9,11H2,1-2H3,(H2,21,22,23,24,25)/t15-/m0/s1. The molecule has 1 fully saturated rings. The molecular formula is C19H22N6O. The molecule has 0 aliphatic carbocycles. The van der Waals surface area contributed by atoms with Gasteiger partial charge in [0.1, 0.15) is 0 Å². The quantitative estimate of drug-likeness (QED) is 0.729. The zero-order chi connectivity index (χ0) is 17.9. The van der Waals surface area contributed by atoms with Crippen molar-refractivity contribution in [3.63, 3.8) is 0 Å². The molecule has 0 spiro atoms. The second kappa shape index (κ2) is 7.21. The van der Waals surface area contributed by atoms with Crippen molar-refractivity contribution in [3.05, 3.63) is 41.7 Å². The van der Waals surface area contributed by atoms with Crippen molar-refractivity contribution >= 4 is 28.6 Å². The average molecular weight is 350 g/mol. The zero-order valence-electron chi connectivity index (χ0n) is 15.0. The predicted octanol–water partition coefficient (Wildman–Crippen LogP) is 3.37. The number of aryl methyl sites for hydroxylation is 2. The van der Waals surface area contributed by atoms with Crippen LogP contribution in [0.25, 0.3) is 11.2 Å². The summed E-state index contributed by atoms with van der Waals surface area (Å²) in [4.78, 5) is 17.8. The Hall–Kier alpha value is -2.80. The lowest BCUT2D eigenvalue weighted by atomic mass is 10.1. The van der Waals surface area contributed by atoms with Gasteiger partial charge in [0.2, 0.25) is 5.95 Å². The Bertz CT molecular complexity index is 923. The van der Waals surface area contributed by atoms with Gasteiger partial charge in [-0.15, -0.1) is 0 Å². The molecule has 26 heavy (non-hydrogen) atoms. The summed E-state index contributed by atoms with van der Waals surface area (Å²) < 4.78 is 5.65. The Kier molecular flexibility index (Phi) is 4.62. The highest BCUT2D eigenvalue weighted by molar-refractivity contribution is 5.85. The lowest BCUT2D eigenvalue weighted by Gasteiger charge is -2.13. The van der Waals surface area contributed by atoms with E-state index >= 15 is 0 Å². The van der Waals surface area contributed by atoms with Crippen LogP contribution in [0.5, 0.6) is 0 Å². The molecular weight excluding hydrogens is 328 g/mol. The van der Waals surface area contributed by atoms with E-state index < -0.39 is 0 Å². The van der Waals surface area contributed by atoms with Gasteiger partial charge in [-0.05, 0) is 49.9 Å². The number of nitrogens with one attached hydrogen (secondary N) is 2. The summed E-state index contributed by atoms with van der Waals surface area (Å²) in [6.07, 6.45) is 5.67. The highest BCUT2D eigenvalue weighted by Crippen LogP contribution is 2.24. The van der Waals surface area contributed by atoms with Crippen molar-refractivity contribution in [2.24, 2.45) is 0 Å². The van der Waals surface area contributed by atoms with Crippen molar-refractivity contribution in [1.82, 2.24) is 19.9 Å². The number of hydrogen-bond donors (Lipinski definition) is 2. The van der Waals surface area contributed by atoms with E-state index in [1.54, 1.807) is 12.4 Å². The van der Waals surface area contributed by atoms with E-state index in [2.05, 4.69) is 56.5 Å². The van der Waals surface area contributed by atoms with Crippen LogP contribution >= 0.6 is 0 Å². The molecule has 2 N–H and O–H groups in total. The monoisotopic (exact) mass is 350 g/mol. The summed E-state index contributed by atoms with van der Waals surface area (Å²) in [5.74, 6) is 1.17. The SMILES string of the molecule is Cc1ccc(Nc2nc(NC[C@@H]3CCCO3)nc3nccnc23)cc1C. The maximum atomic E-state index is 5.65. The fourth-order valence-corrected chi connectivity index (χ4v) is 3.00. The largest absolute Gasteiger partial charge is 0.376 e. The van der Waals surface area contributed by atoms with Crippen LogP contribution in [-0.4, -0.2) is 39.2 Å². The molecule has 7 nitrogen and oxygen atoms in total. The van der Waals surface area contributed by atoms with Crippen LogP contribution in [-0.2, 0) is 4.74 Å². The molecule has 0 bridgehead atoms. The van der Waals surface area contributed by atoms with E-state index in [4.69, 9.17) is 4.74 Å². The number of fused-ring (bicyclic) bond motifs is 1. The van der Waals surface area contributed by atoms with Gasteiger partial charge in [0.25, 0.3) is 0 Å². The molecule has 3 heterocycles. The summed E-state index contributed by atoms with van der Waals surface area (Å²) >= 11 is 0. The summed E-state index contributed by atoms with van der Waals surface area (Å²) in [7, 11) is 0. The third kappa shape index (κ3) is 3.57. The van der Waals surface area contributed by atoms with Crippen LogP contribution in [0.2, 0.25) is 0 Å². The lowest BCUT2D eigenvalue weighted by Crippen LogP contribution is -2.20. The van der Waals surface area contributed by atoms with Crippen LogP contribution in [0.3, 0.4) is 0 Å². The third-order valence-electron chi connectivity index (χ3n) is 4.61. The number of benzene rings is 1. The molecule has 1 aromatic carbocycles. The highest BCUT2D eigenvalue weighted by atomic mass is 16.5. The normalized spacial score (nSPS) is 16.8. The van der Waals surface area contributed by atoms with Crippen molar-refractivity contribution in [2.75, 3.05) is 23.8 Å². The van der Waals surface area contributed by atoms with Crippen molar-refractivity contribution in [2.45, 2.75) is 32.8 Å². The molecule has 1 aliphatic heterocycles. The maximum Gasteiger partial charge on any atom is 0.226 e. The zero-order valence-corrected chi connectivity index (χ0v) is 15.0. The molecule has 2 aromatic heterocycles. The minimum absolute atomic E-state index is 0.215. The third-order valence-corrected chi connectivity index (χ3v) is 4.61. The van der Waals surface area contributed by atoms with Gasteiger partial charge in [-0.2, -0.15) is 9.97 Å². The second-order valence-electron chi connectivity index (χ2n) is 6.56. The summed E-state index contributed by atoms with van der Waals surface area (Å²) in [6.45, 7) is 5.70. The Labute approximate surface area is 152 Å². The van der Waals surface area contributed by atoms with Crippen LogP contribution in [0.1, 0.15) is 24.0 Å². The average Bonchev–Trinajstić information content (AvgIpc) is 3.17. The van der Waals surface area contributed by atoms with Gasteiger partial charge in [-0.3, -0.25) is 0 Å². The first-order valence-corrected chi connectivity index (χ1v) is 8.87. The second-order valence-corrected chi connectivity index (χ2v) is 6.56. The van der Waals surface area contributed by atoms with Gasteiger partial charge in [-0.25, -0.2) is 9.97 Å². The van der Waals surface area contributed by atoms with E-state index in [9.17, 15) is 0 Å². The molecule has 7 heteroatoms. The van der Waals surface area contributed by atoms with Gasteiger partial charge in [0.15, 0.2) is 17.0 Å². The van der Waals surface area contributed by atoms with E-state index in [0.717, 1.165) is 25.1 Å². The summed E-state index contributed by atoms with van der Waals surface area (Å²) in [6, 6.07) is 6.22. The molecule has 0 amide bonds. The molecule has 134 valence electrons. The Morgan fingerprint density at radius 1 is 1.12 bits per heavy atom. The van der Waals surface area contributed by atoms with Crippen molar-refractivity contribution in [3.8, 4) is 0 Å². The lowest BCUT2D eigenvalue weighted by molar-refractivity contribution is 0.120. The van der Waals surface area contributed by atoms with Gasteiger partial charge in [0, 0.05) is 31.2 Å². The van der Waals surface area contributed by atoms with E-state index in [0.29, 0.717) is 29.5 Å². The first kappa shape index (κ1) is 16.7. The molecule has 1 saturated heterocycles. The number of hydrogen-bond acceptors (Lipinski definition) is 7. The van der Waals surface area contributed by atoms with Gasteiger partial charge >= 0.3 is 0 Å². The topological polar surface area (TPSA) is 84.9 Å². The highest BCUT2D eigenvalue weighted by Gasteiger charge is 2.16. The number of ether oxygens (including phenoxy) is 1. The number of aromatic nitrogens is 4. The Morgan fingerprint density at radius 2 is 2.00 bits per heavy atom. The minimum atomic E-state index is 0.215. The van der Waals surface area contributed by atoms with Gasteiger partial charge in [-0.1, -0.05) is 6.07 Å². The van der Waals surface area contributed by atoms with Crippen molar-refractivity contribution < 1.29 is 4.74 Å². The fourth-order valence-electron chi connectivity index (χ4n) is 3.00. The minimum Gasteiger partial charge on any atom is -0.376 e. The first-order valence-electron chi connectivity index (χ1n) is 8.87. The molecule has 1 aliphatic rings. The Morgan fingerprint density at radius 3 is 2.81 bits per heavy atom. The number of anilines is 3. The molecule has 0 unspecified atom stereocenters. The number of rotatable bonds is 5. The smallest absolute Gasteiger partial charge is 0.226 e. The van der Waals surface area contributed by atoms with E-state index in [1.807, 2.05) is 6.07 Å². The summed E-state index contributed by atoms with van der Waals surface area (Å²) in [5.41, 5.74) is 4.64. The van der Waals surface area contributed by atoms with Crippen LogP contribution < -0.4 is 10.6 Å². The molecule has 0 radical (unpaired) electrons. The van der Waals surface area contributed by atoms with Crippen LogP contribution in [0.4, 0.5) is 17.5 Å². The van der Waals surface area contributed by atoms with Crippen molar-refractivity contribution in [1.29, 1.82) is 0 Å². The molecule has 4 rings (SSSR count). The Balaban J connectivity index is 1.63. The number of nitrogens with zero attached hydrogens (tertiary/aromatic N) is 4. The fraction of sp³-hybridized carbons (Fsp3) is 0.368. The predicted molar refractivity (Wildman–Crippen MR) is 102 cm³/mol. The first-order chi connectivity index (χ1) is 12.7. The van der Waals surface area contributed by atoms with Crippen LogP contribution in [0, 0.1) is 13.8 Å². The molecule has 1 atom stereocenters. The van der Waals surface area contributed by atoms with E-state index in [-0.39, 0.29) is 6.10 Å². The maximum absolute atomic E-state index is 5.65. The van der Waals surface area contributed by atoms with E-state index in [1.165, 1.54) is 11.1 Å². The van der Waals surface area contributed by atoms with Crippen LogP contribution in [0.15, 0.2) is 30.6 Å². The van der Waals surface area contributed by atoms with Gasteiger partial charge in [0.05, 0.1) is 6.10 Å².